The molecule has 0 atom stereocenters. The van der Waals surface area contributed by atoms with Gasteiger partial charge in [0.2, 0.25) is 6.79 Å². The standard InChI is InChI=1S/C21H16N4O2/c1-14-5-4-6-16(11-14)23-24-21-20(22-19-7-2-3-10-25(19)21)15-8-9-17-18(12-15)27-13-26-17/h2-12H,13H2,1H3. The van der Waals surface area contributed by atoms with Gasteiger partial charge in [0.1, 0.15) is 11.3 Å². The maximum atomic E-state index is 5.51. The molecule has 0 saturated carbocycles. The van der Waals surface area contributed by atoms with E-state index in [-0.39, 0.29) is 6.79 Å². The van der Waals surface area contributed by atoms with Crippen molar-refractivity contribution < 1.29 is 9.47 Å². The summed E-state index contributed by atoms with van der Waals surface area (Å²) in [7, 11) is 0. The average molecular weight is 356 g/mol. The number of hydrogen-bond acceptors (Lipinski definition) is 5. The van der Waals surface area contributed by atoms with Crippen molar-refractivity contribution in [2.75, 3.05) is 6.79 Å². The quantitative estimate of drug-likeness (QED) is 0.458. The lowest BCUT2D eigenvalue weighted by atomic mass is 10.1. The molecule has 4 aromatic rings. The maximum absolute atomic E-state index is 5.51. The summed E-state index contributed by atoms with van der Waals surface area (Å²) in [6.07, 6.45) is 1.93. The summed E-state index contributed by atoms with van der Waals surface area (Å²) in [5.41, 5.74) is 4.40. The molecule has 2 aromatic carbocycles. The zero-order chi connectivity index (χ0) is 18.2. The van der Waals surface area contributed by atoms with Gasteiger partial charge in [0, 0.05) is 11.8 Å². The van der Waals surface area contributed by atoms with Crippen LogP contribution in [0.15, 0.2) is 77.1 Å². The Kier molecular flexibility index (Phi) is 3.60. The molecule has 132 valence electrons. The Balaban J connectivity index is 1.65. The zero-order valence-electron chi connectivity index (χ0n) is 14.7. The molecule has 2 aromatic heterocycles. The van der Waals surface area contributed by atoms with Crippen molar-refractivity contribution in [2.24, 2.45) is 10.2 Å². The van der Waals surface area contributed by atoms with E-state index in [1.165, 1.54) is 0 Å². The van der Waals surface area contributed by atoms with Gasteiger partial charge in [-0.15, -0.1) is 10.2 Å². The number of hydrogen-bond donors (Lipinski definition) is 0. The van der Waals surface area contributed by atoms with Gasteiger partial charge in [-0.2, -0.15) is 0 Å². The molecule has 3 heterocycles. The smallest absolute Gasteiger partial charge is 0.231 e. The van der Waals surface area contributed by atoms with Gasteiger partial charge in [-0.25, -0.2) is 4.98 Å². The number of imidazole rings is 1. The van der Waals surface area contributed by atoms with Crippen LogP contribution in [0, 0.1) is 6.92 Å². The molecule has 0 amide bonds. The molecule has 0 N–H and O–H groups in total. The highest BCUT2D eigenvalue weighted by Crippen LogP contribution is 2.39. The second kappa shape index (κ2) is 6.25. The van der Waals surface area contributed by atoms with Gasteiger partial charge >= 0.3 is 0 Å². The summed E-state index contributed by atoms with van der Waals surface area (Å²) in [6, 6.07) is 19.5. The third-order valence-electron chi connectivity index (χ3n) is 4.41. The first-order valence-corrected chi connectivity index (χ1v) is 8.63. The minimum atomic E-state index is 0.240. The molecule has 0 unspecified atom stereocenters. The minimum absolute atomic E-state index is 0.240. The first-order valence-electron chi connectivity index (χ1n) is 8.63. The van der Waals surface area contributed by atoms with Crippen molar-refractivity contribution >= 4 is 17.2 Å². The molecule has 1 aliphatic rings. The van der Waals surface area contributed by atoms with Crippen molar-refractivity contribution in [3.8, 4) is 22.8 Å². The normalized spacial score (nSPS) is 12.9. The number of aryl methyl sites for hydroxylation is 1. The molecular formula is C21H16N4O2. The second-order valence-corrected chi connectivity index (χ2v) is 6.32. The first-order chi connectivity index (χ1) is 13.3. The molecular weight excluding hydrogens is 340 g/mol. The Morgan fingerprint density at radius 3 is 2.78 bits per heavy atom. The fourth-order valence-corrected chi connectivity index (χ4v) is 3.11. The lowest BCUT2D eigenvalue weighted by Gasteiger charge is -2.02. The van der Waals surface area contributed by atoms with E-state index in [1.807, 2.05) is 78.2 Å². The number of pyridine rings is 1. The van der Waals surface area contributed by atoms with E-state index < -0.39 is 0 Å². The lowest BCUT2D eigenvalue weighted by Crippen LogP contribution is -1.92. The number of fused-ring (bicyclic) bond motifs is 2. The predicted molar refractivity (Wildman–Crippen MR) is 102 cm³/mol. The van der Waals surface area contributed by atoms with E-state index >= 15 is 0 Å². The molecule has 5 rings (SSSR count). The molecule has 0 bridgehead atoms. The molecule has 0 aliphatic carbocycles. The fourth-order valence-electron chi connectivity index (χ4n) is 3.11. The monoisotopic (exact) mass is 356 g/mol. The van der Waals surface area contributed by atoms with E-state index in [4.69, 9.17) is 14.5 Å². The number of benzene rings is 2. The Hall–Kier alpha value is -3.67. The highest BCUT2D eigenvalue weighted by molar-refractivity contribution is 5.76. The molecule has 6 nitrogen and oxygen atoms in total. The van der Waals surface area contributed by atoms with Gasteiger partial charge in [0.15, 0.2) is 17.3 Å². The van der Waals surface area contributed by atoms with E-state index in [2.05, 4.69) is 10.2 Å². The summed E-state index contributed by atoms with van der Waals surface area (Å²) < 4.78 is 12.8. The third-order valence-corrected chi connectivity index (χ3v) is 4.41. The van der Waals surface area contributed by atoms with E-state index in [0.29, 0.717) is 11.6 Å². The van der Waals surface area contributed by atoms with Crippen LogP contribution in [-0.4, -0.2) is 16.2 Å². The number of ether oxygens (including phenoxy) is 2. The Labute approximate surface area is 155 Å². The van der Waals surface area contributed by atoms with Crippen LogP contribution in [0.2, 0.25) is 0 Å². The molecule has 0 fully saturated rings. The zero-order valence-corrected chi connectivity index (χ0v) is 14.7. The van der Waals surface area contributed by atoms with Crippen LogP contribution >= 0.6 is 0 Å². The van der Waals surface area contributed by atoms with Crippen molar-refractivity contribution in [1.82, 2.24) is 9.38 Å². The number of aromatic nitrogens is 2. The van der Waals surface area contributed by atoms with E-state index in [1.54, 1.807) is 0 Å². The number of azo groups is 1. The van der Waals surface area contributed by atoms with Gasteiger partial charge in [-0.3, -0.25) is 4.40 Å². The molecule has 0 saturated heterocycles. The minimum Gasteiger partial charge on any atom is -0.454 e. The summed E-state index contributed by atoms with van der Waals surface area (Å²) >= 11 is 0. The maximum Gasteiger partial charge on any atom is 0.231 e. The summed E-state index contributed by atoms with van der Waals surface area (Å²) in [4.78, 5) is 4.75. The lowest BCUT2D eigenvalue weighted by molar-refractivity contribution is 0.174. The van der Waals surface area contributed by atoms with Crippen LogP contribution in [0.3, 0.4) is 0 Å². The molecule has 6 heteroatoms. The van der Waals surface area contributed by atoms with Crippen LogP contribution < -0.4 is 9.47 Å². The largest absolute Gasteiger partial charge is 0.454 e. The Morgan fingerprint density at radius 2 is 1.85 bits per heavy atom. The van der Waals surface area contributed by atoms with E-state index in [0.717, 1.165) is 33.9 Å². The third kappa shape index (κ3) is 2.81. The number of nitrogens with zero attached hydrogens (tertiary/aromatic N) is 4. The molecule has 27 heavy (non-hydrogen) atoms. The molecule has 1 aliphatic heterocycles. The Morgan fingerprint density at radius 1 is 0.926 bits per heavy atom. The summed E-state index contributed by atoms with van der Waals surface area (Å²) in [5, 5.41) is 8.96. The van der Waals surface area contributed by atoms with Crippen LogP contribution in [0.1, 0.15) is 5.56 Å². The highest BCUT2D eigenvalue weighted by atomic mass is 16.7. The molecule has 0 radical (unpaired) electrons. The molecule has 0 spiro atoms. The SMILES string of the molecule is Cc1cccc(N=Nc2c(-c3ccc4c(c3)OCO4)nc3ccccn23)c1. The van der Waals surface area contributed by atoms with Gasteiger partial charge < -0.3 is 9.47 Å². The van der Waals surface area contributed by atoms with Crippen molar-refractivity contribution in [3.63, 3.8) is 0 Å². The predicted octanol–water partition coefficient (Wildman–Crippen LogP) is 5.45. The van der Waals surface area contributed by atoms with Crippen LogP contribution in [0.25, 0.3) is 16.9 Å². The van der Waals surface area contributed by atoms with Crippen LogP contribution in [0.5, 0.6) is 11.5 Å². The van der Waals surface area contributed by atoms with Crippen LogP contribution in [-0.2, 0) is 0 Å². The van der Waals surface area contributed by atoms with E-state index in [9.17, 15) is 0 Å². The van der Waals surface area contributed by atoms with Crippen molar-refractivity contribution in [2.45, 2.75) is 6.92 Å². The van der Waals surface area contributed by atoms with Crippen molar-refractivity contribution in [3.05, 3.63) is 72.4 Å². The average Bonchev–Trinajstić information content (AvgIpc) is 3.30. The van der Waals surface area contributed by atoms with Crippen molar-refractivity contribution in [1.29, 1.82) is 0 Å². The topological polar surface area (TPSA) is 60.5 Å². The van der Waals surface area contributed by atoms with Gasteiger partial charge in [-0.1, -0.05) is 18.2 Å². The van der Waals surface area contributed by atoms with Gasteiger partial charge in [-0.05, 0) is 55.0 Å². The Bertz CT molecular complexity index is 1180. The first kappa shape index (κ1) is 15.6. The number of rotatable bonds is 3. The highest BCUT2D eigenvalue weighted by Gasteiger charge is 2.18. The summed E-state index contributed by atoms with van der Waals surface area (Å²) in [6.45, 7) is 2.27. The fraction of sp³-hybridized carbons (Fsp3) is 0.0952. The summed E-state index contributed by atoms with van der Waals surface area (Å²) in [5.74, 6) is 2.13. The van der Waals surface area contributed by atoms with Crippen LogP contribution in [0.4, 0.5) is 11.5 Å². The van der Waals surface area contributed by atoms with Gasteiger partial charge in [0.05, 0.1) is 5.69 Å². The second-order valence-electron chi connectivity index (χ2n) is 6.32. The van der Waals surface area contributed by atoms with Gasteiger partial charge in [0.25, 0.3) is 0 Å².